The number of furan rings is 1. The fourth-order valence-electron chi connectivity index (χ4n) is 3.69. The molecule has 0 saturated heterocycles. The highest BCUT2D eigenvalue weighted by Crippen LogP contribution is 2.52. The molecular formula is C15H18O3. The fourth-order valence-corrected chi connectivity index (χ4v) is 3.69. The Balaban J connectivity index is 2.23. The standard InChI is InChI=1S/C15H18O3/c1-8-7-18-13-11(8)14(17)15(3)9(2)5-4-6-10(15)12(13)16/h7,9-10H,4-6H2,1-3H3. The van der Waals surface area contributed by atoms with E-state index in [0.717, 1.165) is 24.8 Å². The van der Waals surface area contributed by atoms with E-state index >= 15 is 0 Å². The number of carbonyl (C=O) groups excluding carboxylic acids is 2. The number of hydrogen-bond donors (Lipinski definition) is 0. The number of aryl methyl sites for hydroxylation is 1. The lowest BCUT2D eigenvalue weighted by atomic mass is 9.54. The van der Waals surface area contributed by atoms with Crippen molar-refractivity contribution in [3.63, 3.8) is 0 Å². The van der Waals surface area contributed by atoms with E-state index in [0.29, 0.717) is 11.3 Å². The second-order valence-corrected chi connectivity index (χ2v) is 5.98. The smallest absolute Gasteiger partial charge is 0.202 e. The normalized spacial score (nSPS) is 35.3. The Morgan fingerprint density at radius 3 is 2.78 bits per heavy atom. The van der Waals surface area contributed by atoms with Crippen LogP contribution in [0.1, 0.15) is 59.6 Å². The number of ketones is 2. The maximum absolute atomic E-state index is 12.8. The van der Waals surface area contributed by atoms with Gasteiger partial charge in [0.15, 0.2) is 11.5 Å². The molecular weight excluding hydrogens is 228 g/mol. The van der Waals surface area contributed by atoms with Crippen molar-refractivity contribution in [3.8, 4) is 0 Å². The van der Waals surface area contributed by atoms with E-state index in [-0.39, 0.29) is 23.4 Å². The largest absolute Gasteiger partial charge is 0.460 e. The lowest BCUT2D eigenvalue weighted by Crippen LogP contribution is -2.51. The minimum absolute atomic E-state index is 0.0340. The van der Waals surface area contributed by atoms with Crippen LogP contribution in [0.2, 0.25) is 0 Å². The van der Waals surface area contributed by atoms with Crippen LogP contribution in [-0.2, 0) is 0 Å². The SMILES string of the molecule is Cc1coc2c1C(=O)C1(C)C(C)CCCC1C2=O. The molecule has 1 heterocycles. The number of carbonyl (C=O) groups is 2. The average Bonchev–Trinajstić information content (AvgIpc) is 2.72. The molecule has 0 bridgehead atoms. The predicted molar refractivity (Wildman–Crippen MR) is 66.7 cm³/mol. The van der Waals surface area contributed by atoms with Crippen molar-refractivity contribution in [2.24, 2.45) is 17.3 Å². The van der Waals surface area contributed by atoms with Crippen LogP contribution in [0.4, 0.5) is 0 Å². The van der Waals surface area contributed by atoms with E-state index in [1.807, 2.05) is 13.8 Å². The third kappa shape index (κ3) is 1.20. The van der Waals surface area contributed by atoms with E-state index in [4.69, 9.17) is 4.42 Å². The molecule has 1 aromatic heterocycles. The number of hydrogen-bond acceptors (Lipinski definition) is 3. The summed E-state index contributed by atoms with van der Waals surface area (Å²) in [6, 6.07) is 0. The molecule has 0 aliphatic heterocycles. The van der Waals surface area contributed by atoms with Crippen molar-refractivity contribution in [1.29, 1.82) is 0 Å². The van der Waals surface area contributed by atoms with Gasteiger partial charge in [0.05, 0.1) is 11.8 Å². The molecule has 1 fully saturated rings. The minimum atomic E-state index is -0.531. The van der Waals surface area contributed by atoms with E-state index in [1.54, 1.807) is 0 Å². The lowest BCUT2D eigenvalue weighted by molar-refractivity contribution is 0.0282. The van der Waals surface area contributed by atoms with Crippen LogP contribution in [0.25, 0.3) is 0 Å². The second-order valence-electron chi connectivity index (χ2n) is 5.98. The Labute approximate surface area is 107 Å². The highest BCUT2D eigenvalue weighted by molar-refractivity contribution is 6.17. The van der Waals surface area contributed by atoms with Crippen LogP contribution in [0, 0.1) is 24.2 Å². The molecule has 0 spiro atoms. The number of Topliss-reactive ketones (excluding diaryl/α,β-unsaturated/α-hetero) is 2. The molecule has 1 aromatic rings. The highest BCUT2D eigenvalue weighted by Gasteiger charge is 2.56. The summed E-state index contributed by atoms with van der Waals surface area (Å²) in [6.07, 6.45) is 4.39. The zero-order valence-electron chi connectivity index (χ0n) is 11.1. The topological polar surface area (TPSA) is 47.3 Å². The van der Waals surface area contributed by atoms with Crippen molar-refractivity contribution in [3.05, 3.63) is 23.2 Å². The van der Waals surface area contributed by atoms with Crippen molar-refractivity contribution in [2.45, 2.75) is 40.0 Å². The van der Waals surface area contributed by atoms with Gasteiger partial charge in [-0.05, 0) is 31.2 Å². The Morgan fingerprint density at radius 1 is 1.33 bits per heavy atom. The molecule has 0 aromatic carbocycles. The van der Waals surface area contributed by atoms with Gasteiger partial charge in [-0.3, -0.25) is 9.59 Å². The molecule has 18 heavy (non-hydrogen) atoms. The van der Waals surface area contributed by atoms with E-state index < -0.39 is 5.41 Å². The summed E-state index contributed by atoms with van der Waals surface area (Å²) in [5, 5.41) is 0. The average molecular weight is 246 g/mol. The molecule has 2 aliphatic carbocycles. The van der Waals surface area contributed by atoms with Crippen LogP contribution in [0.3, 0.4) is 0 Å². The maximum atomic E-state index is 12.8. The lowest BCUT2D eigenvalue weighted by Gasteiger charge is -2.46. The molecule has 3 nitrogen and oxygen atoms in total. The van der Waals surface area contributed by atoms with Crippen molar-refractivity contribution >= 4 is 11.6 Å². The van der Waals surface area contributed by atoms with Gasteiger partial charge >= 0.3 is 0 Å². The quantitative estimate of drug-likeness (QED) is 0.704. The molecule has 0 N–H and O–H groups in total. The fraction of sp³-hybridized carbons (Fsp3) is 0.600. The Kier molecular flexibility index (Phi) is 2.31. The third-order valence-electron chi connectivity index (χ3n) is 5.11. The van der Waals surface area contributed by atoms with Gasteiger partial charge in [0.1, 0.15) is 0 Å². The first kappa shape index (κ1) is 11.7. The zero-order chi connectivity index (χ0) is 13.1. The zero-order valence-corrected chi connectivity index (χ0v) is 11.1. The molecule has 0 amide bonds. The summed E-state index contributed by atoms with van der Waals surface area (Å²) < 4.78 is 5.33. The van der Waals surface area contributed by atoms with Gasteiger partial charge in [-0.15, -0.1) is 0 Å². The first-order valence-electron chi connectivity index (χ1n) is 6.65. The van der Waals surface area contributed by atoms with Crippen LogP contribution in [0.15, 0.2) is 10.7 Å². The van der Waals surface area contributed by atoms with Crippen LogP contribution in [-0.4, -0.2) is 11.6 Å². The Morgan fingerprint density at radius 2 is 2.06 bits per heavy atom. The summed E-state index contributed by atoms with van der Waals surface area (Å²) in [7, 11) is 0. The van der Waals surface area contributed by atoms with Crippen LogP contribution >= 0.6 is 0 Å². The van der Waals surface area contributed by atoms with Gasteiger partial charge in [-0.1, -0.05) is 20.3 Å². The third-order valence-corrected chi connectivity index (χ3v) is 5.11. The van der Waals surface area contributed by atoms with Crippen LogP contribution in [0.5, 0.6) is 0 Å². The number of fused-ring (bicyclic) bond motifs is 2. The molecule has 0 radical (unpaired) electrons. The van der Waals surface area contributed by atoms with Gasteiger partial charge < -0.3 is 4.42 Å². The first-order valence-corrected chi connectivity index (χ1v) is 6.65. The van der Waals surface area contributed by atoms with E-state index in [9.17, 15) is 9.59 Å². The molecule has 3 heteroatoms. The monoisotopic (exact) mass is 246 g/mol. The van der Waals surface area contributed by atoms with Gasteiger partial charge in [-0.25, -0.2) is 0 Å². The Hall–Kier alpha value is -1.38. The van der Waals surface area contributed by atoms with Crippen molar-refractivity contribution in [2.75, 3.05) is 0 Å². The highest BCUT2D eigenvalue weighted by atomic mass is 16.3. The van der Waals surface area contributed by atoms with Gasteiger partial charge in [0, 0.05) is 11.3 Å². The van der Waals surface area contributed by atoms with Crippen LogP contribution < -0.4 is 0 Å². The summed E-state index contributed by atoms with van der Waals surface area (Å²) >= 11 is 0. The van der Waals surface area contributed by atoms with E-state index in [1.165, 1.54) is 6.26 Å². The Bertz CT molecular complexity index is 540. The molecule has 3 rings (SSSR count). The first-order chi connectivity index (χ1) is 8.48. The van der Waals surface area contributed by atoms with Gasteiger partial charge in [0.2, 0.25) is 5.78 Å². The second kappa shape index (κ2) is 3.56. The molecule has 2 aliphatic rings. The van der Waals surface area contributed by atoms with Crippen molar-refractivity contribution < 1.29 is 14.0 Å². The summed E-state index contributed by atoms with van der Waals surface area (Å²) in [5.74, 6) is 0.517. The van der Waals surface area contributed by atoms with Gasteiger partial charge in [0.25, 0.3) is 0 Å². The number of rotatable bonds is 0. The molecule has 96 valence electrons. The molecule has 3 atom stereocenters. The molecule has 1 saturated carbocycles. The maximum Gasteiger partial charge on any atom is 0.202 e. The minimum Gasteiger partial charge on any atom is -0.460 e. The van der Waals surface area contributed by atoms with Gasteiger partial charge in [-0.2, -0.15) is 0 Å². The summed E-state index contributed by atoms with van der Waals surface area (Å²) in [5.41, 5.74) is 0.796. The molecule has 3 unspecified atom stereocenters. The summed E-state index contributed by atoms with van der Waals surface area (Å²) in [6.45, 7) is 5.90. The van der Waals surface area contributed by atoms with E-state index in [2.05, 4.69) is 6.92 Å². The predicted octanol–water partition coefficient (Wildman–Crippen LogP) is 3.41. The van der Waals surface area contributed by atoms with Crippen molar-refractivity contribution in [1.82, 2.24) is 0 Å². The summed E-state index contributed by atoms with van der Waals surface area (Å²) in [4.78, 5) is 25.3.